The highest BCUT2D eigenvalue weighted by Crippen LogP contribution is 2.45. The maximum absolute atomic E-state index is 12.7. The summed E-state index contributed by atoms with van der Waals surface area (Å²) in [6.07, 6.45) is 0. The van der Waals surface area contributed by atoms with Gasteiger partial charge in [0.05, 0.1) is 24.2 Å². The average molecular weight is 492 g/mol. The van der Waals surface area contributed by atoms with Crippen LogP contribution in [0.4, 0.5) is 5.69 Å². The van der Waals surface area contributed by atoms with E-state index in [2.05, 4.69) is 10.1 Å². The zero-order valence-electron chi connectivity index (χ0n) is 20.0. The number of nitro groups is 1. The second kappa shape index (κ2) is 10.5. The Morgan fingerprint density at radius 3 is 2.61 bits per heavy atom. The normalized spacial score (nSPS) is 17.7. The Labute approximate surface area is 207 Å². The van der Waals surface area contributed by atoms with Gasteiger partial charge in [0.1, 0.15) is 11.7 Å². The highest BCUT2D eigenvalue weighted by atomic mass is 16.6. The third-order valence-electron chi connectivity index (χ3n) is 5.87. The van der Waals surface area contributed by atoms with Crippen molar-refractivity contribution in [3.63, 3.8) is 0 Å². The van der Waals surface area contributed by atoms with Gasteiger partial charge in [0.2, 0.25) is 5.89 Å². The monoisotopic (exact) mass is 491 g/mol. The Balaban J connectivity index is 1.69. The molecule has 0 fully saturated rings. The fourth-order valence-electron chi connectivity index (χ4n) is 4.30. The molecule has 1 aliphatic heterocycles. The molecule has 11 heteroatoms. The van der Waals surface area contributed by atoms with Gasteiger partial charge in [-0.15, -0.1) is 0 Å². The summed E-state index contributed by atoms with van der Waals surface area (Å²) in [4.78, 5) is 30.1. The predicted molar refractivity (Wildman–Crippen MR) is 128 cm³/mol. The number of ether oxygens (including phenoxy) is 2. The van der Waals surface area contributed by atoms with Gasteiger partial charge < -0.3 is 14.0 Å². The molecule has 2 aromatic carbocycles. The molecule has 0 spiro atoms. The Kier molecular flexibility index (Phi) is 7.20. The van der Waals surface area contributed by atoms with Crippen molar-refractivity contribution in [2.24, 2.45) is 0 Å². The first kappa shape index (κ1) is 24.7. The van der Waals surface area contributed by atoms with E-state index in [4.69, 9.17) is 19.4 Å². The number of carbonyl (C=O) groups is 1. The van der Waals surface area contributed by atoms with E-state index in [0.717, 1.165) is 5.56 Å². The summed E-state index contributed by atoms with van der Waals surface area (Å²) in [7, 11) is 3.15. The quantitative estimate of drug-likeness (QED) is 0.281. The van der Waals surface area contributed by atoms with Gasteiger partial charge in [-0.25, -0.2) is 4.79 Å². The molecule has 0 bridgehead atoms. The first-order valence-corrected chi connectivity index (χ1v) is 11.1. The van der Waals surface area contributed by atoms with Gasteiger partial charge in [0.15, 0.2) is 11.7 Å². The first-order chi connectivity index (χ1) is 17.3. The van der Waals surface area contributed by atoms with Crippen LogP contribution in [0.3, 0.4) is 0 Å². The molecule has 186 valence electrons. The van der Waals surface area contributed by atoms with Crippen LogP contribution in [0.2, 0.25) is 0 Å². The molecule has 2 atom stereocenters. The second-order valence-corrected chi connectivity index (χ2v) is 8.44. The van der Waals surface area contributed by atoms with Crippen molar-refractivity contribution in [3.05, 3.63) is 98.9 Å². The lowest BCUT2D eigenvalue weighted by molar-refractivity contribution is -0.384. The van der Waals surface area contributed by atoms with Gasteiger partial charge in [-0.2, -0.15) is 4.98 Å². The van der Waals surface area contributed by atoms with Crippen LogP contribution in [0.25, 0.3) is 0 Å². The number of benzene rings is 2. The van der Waals surface area contributed by atoms with Crippen LogP contribution in [0.5, 0.6) is 0 Å². The zero-order valence-corrected chi connectivity index (χ0v) is 20.0. The largest absolute Gasteiger partial charge is 0.466 e. The molecular formula is C25H25N5O6. The van der Waals surface area contributed by atoms with E-state index in [-0.39, 0.29) is 28.8 Å². The molecule has 2 heterocycles. The highest BCUT2D eigenvalue weighted by molar-refractivity contribution is 5.96. The van der Waals surface area contributed by atoms with Gasteiger partial charge in [-0.1, -0.05) is 47.6 Å². The minimum absolute atomic E-state index is 0.0634. The molecule has 3 aromatic rings. The summed E-state index contributed by atoms with van der Waals surface area (Å²) in [5, 5.41) is 24.0. The number of carbonyl (C=O) groups excluding carboxylic acids is 1. The van der Waals surface area contributed by atoms with Gasteiger partial charge in [-0.05, 0) is 25.1 Å². The lowest BCUT2D eigenvalue weighted by Crippen LogP contribution is -2.32. The van der Waals surface area contributed by atoms with Gasteiger partial charge >= 0.3 is 5.97 Å². The van der Waals surface area contributed by atoms with Crippen LogP contribution >= 0.6 is 0 Å². The third kappa shape index (κ3) is 5.15. The van der Waals surface area contributed by atoms with Crippen LogP contribution < -0.4 is 0 Å². The summed E-state index contributed by atoms with van der Waals surface area (Å²) in [6.45, 7) is 2.58. The molecule has 2 unspecified atom stereocenters. The fourth-order valence-corrected chi connectivity index (χ4v) is 4.30. The second-order valence-electron chi connectivity index (χ2n) is 8.44. The van der Waals surface area contributed by atoms with Crippen LogP contribution in [0.1, 0.15) is 41.6 Å². The molecule has 1 aromatic heterocycles. The molecule has 0 amide bonds. The molecule has 0 aliphatic carbocycles. The number of nitrogens with zero attached hydrogens (tertiary/aromatic N) is 4. The lowest BCUT2D eigenvalue weighted by atomic mass is 9.77. The van der Waals surface area contributed by atoms with Crippen molar-refractivity contribution in [3.8, 4) is 0 Å². The van der Waals surface area contributed by atoms with Gasteiger partial charge in [0, 0.05) is 24.6 Å². The minimum atomic E-state index is -0.981. The van der Waals surface area contributed by atoms with E-state index in [1.807, 2.05) is 42.3 Å². The van der Waals surface area contributed by atoms with E-state index in [1.54, 1.807) is 13.0 Å². The number of methoxy groups -OCH3 is 1. The van der Waals surface area contributed by atoms with Crippen molar-refractivity contribution >= 4 is 17.6 Å². The number of hydrogen-bond donors (Lipinski definition) is 1. The summed E-state index contributed by atoms with van der Waals surface area (Å²) < 4.78 is 16.1. The topological polar surface area (TPSA) is 145 Å². The Morgan fingerprint density at radius 2 is 1.92 bits per heavy atom. The fraction of sp³-hybridized carbons (Fsp3) is 0.280. The van der Waals surface area contributed by atoms with Crippen molar-refractivity contribution < 1.29 is 23.7 Å². The van der Waals surface area contributed by atoms with E-state index >= 15 is 0 Å². The summed E-state index contributed by atoms with van der Waals surface area (Å²) in [5.41, 5.74) is 1.52. The molecule has 0 radical (unpaired) electrons. The van der Waals surface area contributed by atoms with Gasteiger partial charge in [0.25, 0.3) is 5.69 Å². The molecule has 1 N–H and O–H groups in total. The molecule has 0 saturated carbocycles. The molecule has 4 rings (SSSR count). The number of rotatable bonds is 8. The maximum atomic E-state index is 12.7. The predicted octanol–water partition coefficient (Wildman–Crippen LogP) is 3.93. The summed E-state index contributed by atoms with van der Waals surface area (Å²) in [5.74, 6) is -2.12. The van der Waals surface area contributed by atoms with Crippen LogP contribution in [0.15, 0.2) is 70.5 Å². The molecule has 1 aliphatic rings. The number of aromatic nitrogens is 2. The summed E-state index contributed by atoms with van der Waals surface area (Å²) in [6, 6.07) is 15.8. The SMILES string of the molecule is COC(=O)C1=C(C)OC(=N)C(c2nc(CN(C)Cc3ccccc3)no2)C1c1cccc([N+](=O)[O-])c1. The Bertz CT molecular complexity index is 1320. The Hall–Kier alpha value is -4.38. The van der Waals surface area contributed by atoms with E-state index in [9.17, 15) is 14.9 Å². The van der Waals surface area contributed by atoms with Crippen molar-refractivity contribution in [2.45, 2.75) is 31.8 Å². The first-order valence-electron chi connectivity index (χ1n) is 11.1. The smallest absolute Gasteiger partial charge is 0.337 e. The van der Waals surface area contributed by atoms with E-state index in [1.165, 1.54) is 25.3 Å². The maximum Gasteiger partial charge on any atom is 0.337 e. The standard InChI is InChI=1S/C25H25N5O6/c1-15-20(25(31)34-3)21(17-10-7-11-18(12-17)30(32)33)22(23(26)35-15)24-27-19(28-36-24)14-29(2)13-16-8-5-4-6-9-16/h4-12,21-22,26H,13-14H2,1-3H3. The van der Waals surface area contributed by atoms with Crippen LogP contribution in [-0.2, 0) is 27.4 Å². The molecular weight excluding hydrogens is 466 g/mol. The number of nitrogens with one attached hydrogen (secondary N) is 1. The molecule has 0 saturated heterocycles. The number of hydrogen-bond acceptors (Lipinski definition) is 10. The summed E-state index contributed by atoms with van der Waals surface area (Å²) >= 11 is 0. The Morgan fingerprint density at radius 1 is 1.17 bits per heavy atom. The molecule has 11 nitrogen and oxygen atoms in total. The third-order valence-corrected chi connectivity index (χ3v) is 5.87. The van der Waals surface area contributed by atoms with Crippen molar-refractivity contribution in [2.75, 3.05) is 14.2 Å². The number of allylic oxidation sites excluding steroid dienone is 1. The van der Waals surface area contributed by atoms with E-state index < -0.39 is 22.7 Å². The van der Waals surface area contributed by atoms with E-state index in [0.29, 0.717) is 24.5 Å². The molecule has 36 heavy (non-hydrogen) atoms. The van der Waals surface area contributed by atoms with Gasteiger partial charge in [-0.3, -0.25) is 20.4 Å². The number of nitro benzene ring substituents is 1. The number of esters is 1. The van der Waals surface area contributed by atoms with Crippen molar-refractivity contribution in [1.82, 2.24) is 15.0 Å². The minimum Gasteiger partial charge on any atom is -0.466 e. The average Bonchev–Trinajstić information content (AvgIpc) is 3.31. The highest BCUT2D eigenvalue weighted by Gasteiger charge is 2.45. The number of non-ortho nitro benzene ring substituents is 1. The zero-order chi connectivity index (χ0) is 25.8. The van der Waals surface area contributed by atoms with Crippen LogP contribution in [-0.4, -0.2) is 46.0 Å². The van der Waals surface area contributed by atoms with Crippen LogP contribution in [0, 0.1) is 15.5 Å². The van der Waals surface area contributed by atoms with Crippen molar-refractivity contribution in [1.29, 1.82) is 5.41 Å². The lowest BCUT2D eigenvalue weighted by Gasteiger charge is -2.31.